The van der Waals surface area contributed by atoms with Crippen molar-refractivity contribution in [3.63, 3.8) is 0 Å². The maximum atomic E-state index is 12.6. The Balaban J connectivity index is 1.73. The molecule has 34 heavy (non-hydrogen) atoms. The molecule has 1 unspecified atom stereocenters. The molecule has 3 aromatic rings. The second-order valence-corrected chi connectivity index (χ2v) is 10.5. The molecule has 7 nitrogen and oxygen atoms in total. The van der Waals surface area contributed by atoms with Crippen molar-refractivity contribution in [2.24, 2.45) is 0 Å². The topological polar surface area (TPSA) is 105 Å². The van der Waals surface area contributed by atoms with Gasteiger partial charge in [-0.15, -0.1) is 0 Å². The van der Waals surface area contributed by atoms with Crippen LogP contribution in [0.1, 0.15) is 12.5 Å². The molecule has 0 fully saturated rings. The molecule has 3 aromatic carbocycles. The summed E-state index contributed by atoms with van der Waals surface area (Å²) in [5, 5.41) is 12.4. The number of benzene rings is 3. The fourth-order valence-electron chi connectivity index (χ4n) is 2.81. The molecular weight excluding hydrogens is 523 g/mol. The fraction of sp³-hybridized carbons (Fsp3) is 0.130. The van der Waals surface area contributed by atoms with Crippen LogP contribution in [0.3, 0.4) is 0 Å². The van der Waals surface area contributed by atoms with E-state index in [1.807, 2.05) is 6.07 Å². The van der Waals surface area contributed by atoms with Gasteiger partial charge in [-0.05, 0) is 55.5 Å². The Morgan fingerprint density at radius 1 is 0.971 bits per heavy atom. The van der Waals surface area contributed by atoms with E-state index in [0.717, 1.165) is 6.26 Å². The Hall–Kier alpha value is -2.96. The zero-order chi connectivity index (χ0) is 25.0. The lowest BCUT2D eigenvalue weighted by molar-refractivity contribution is -0.122. The van der Waals surface area contributed by atoms with Crippen LogP contribution in [0.2, 0.25) is 15.1 Å². The van der Waals surface area contributed by atoms with Gasteiger partial charge in [0.2, 0.25) is 0 Å². The fourth-order valence-corrected chi connectivity index (χ4v) is 4.19. The zero-order valence-electron chi connectivity index (χ0n) is 17.8. The number of hydrogen-bond acceptors (Lipinski definition) is 6. The van der Waals surface area contributed by atoms with E-state index in [2.05, 4.69) is 5.32 Å². The van der Waals surface area contributed by atoms with E-state index < -0.39 is 21.8 Å². The minimum absolute atomic E-state index is 0.0350. The van der Waals surface area contributed by atoms with Crippen molar-refractivity contribution >= 4 is 56.2 Å². The molecule has 1 N–H and O–H groups in total. The summed E-state index contributed by atoms with van der Waals surface area (Å²) in [5.74, 6) is 0.368. The molecule has 0 aliphatic carbocycles. The second kappa shape index (κ2) is 10.5. The third-order valence-corrected chi connectivity index (χ3v) is 6.25. The molecule has 0 aromatic heterocycles. The molecule has 0 aliphatic heterocycles. The number of carbonyl (C=O) groups is 1. The lowest BCUT2D eigenvalue weighted by atomic mass is 10.2. The van der Waals surface area contributed by atoms with E-state index >= 15 is 0 Å². The molecule has 0 aliphatic rings. The number of carbonyl (C=O) groups excluding carboxylic acids is 1. The number of nitriles is 1. The lowest BCUT2D eigenvalue weighted by Crippen LogP contribution is -2.30. The molecule has 0 saturated heterocycles. The molecule has 0 spiro atoms. The molecule has 11 heteroatoms. The third-order valence-electron chi connectivity index (χ3n) is 4.39. The Morgan fingerprint density at radius 2 is 1.59 bits per heavy atom. The summed E-state index contributed by atoms with van der Waals surface area (Å²) >= 11 is 18.3. The number of anilines is 1. The molecule has 0 saturated carbocycles. The summed E-state index contributed by atoms with van der Waals surface area (Å²) < 4.78 is 34.7. The van der Waals surface area contributed by atoms with Crippen molar-refractivity contribution in [2.75, 3.05) is 11.6 Å². The van der Waals surface area contributed by atoms with Gasteiger partial charge in [0.1, 0.15) is 17.2 Å². The Labute approximate surface area is 211 Å². The first-order valence-electron chi connectivity index (χ1n) is 9.61. The molecule has 176 valence electrons. The first-order valence-corrected chi connectivity index (χ1v) is 12.6. The SMILES string of the molecule is CC(Oc1cc(Cl)cc(Oc2cc(Cl)cc(C#N)c2)c1)C(=O)Nc1ccc(S(C)(=O)=O)cc1Cl. The van der Waals surface area contributed by atoms with Gasteiger partial charge in [-0.1, -0.05) is 34.8 Å². The van der Waals surface area contributed by atoms with Crippen LogP contribution >= 0.6 is 34.8 Å². The predicted octanol–water partition coefficient (Wildman–Crippen LogP) is 6.12. The van der Waals surface area contributed by atoms with Gasteiger partial charge in [-0.2, -0.15) is 5.26 Å². The molecule has 1 amide bonds. The number of sulfone groups is 1. The van der Waals surface area contributed by atoms with Crippen LogP contribution in [0, 0.1) is 11.3 Å². The summed E-state index contributed by atoms with van der Waals surface area (Å²) in [6, 6.07) is 15.1. The molecule has 0 bridgehead atoms. The van der Waals surface area contributed by atoms with Crippen LogP contribution in [-0.2, 0) is 14.6 Å². The number of nitrogens with zero attached hydrogens (tertiary/aromatic N) is 1. The van der Waals surface area contributed by atoms with Crippen molar-refractivity contribution in [3.05, 3.63) is 75.2 Å². The van der Waals surface area contributed by atoms with Gasteiger partial charge in [0, 0.05) is 22.4 Å². The molecular formula is C23H17Cl3N2O5S. The highest BCUT2D eigenvalue weighted by atomic mass is 35.5. The minimum atomic E-state index is -3.43. The van der Waals surface area contributed by atoms with Gasteiger partial charge < -0.3 is 14.8 Å². The number of halogens is 3. The van der Waals surface area contributed by atoms with Gasteiger partial charge in [-0.3, -0.25) is 4.79 Å². The maximum absolute atomic E-state index is 12.6. The van der Waals surface area contributed by atoms with E-state index in [1.54, 1.807) is 6.07 Å². The van der Waals surface area contributed by atoms with Crippen LogP contribution in [0.25, 0.3) is 0 Å². The van der Waals surface area contributed by atoms with Gasteiger partial charge in [0.25, 0.3) is 5.91 Å². The van der Waals surface area contributed by atoms with Gasteiger partial charge in [-0.25, -0.2) is 8.42 Å². The zero-order valence-corrected chi connectivity index (χ0v) is 20.9. The van der Waals surface area contributed by atoms with Gasteiger partial charge in [0.15, 0.2) is 15.9 Å². The maximum Gasteiger partial charge on any atom is 0.265 e. The third kappa shape index (κ3) is 6.78. The minimum Gasteiger partial charge on any atom is -0.481 e. The Kier molecular flexibility index (Phi) is 7.95. The summed E-state index contributed by atoms with van der Waals surface area (Å²) in [7, 11) is -3.43. The van der Waals surface area contributed by atoms with Crippen LogP contribution in [-0.4, -0.2) is 26.7 Å². The second-order valence-electron chi connectivity index (χ2n) is 7.18. The number of ether oxygens (including phenoxy) is 2. The quantitative estimate of drug-likeness (QED) is 0.388. The van der Waals surface area contributed by atoms with Crippen LogP contribution < -0.4 is 14.8 Å². The first kappa shape index (κ1) is 25.7. The highest BCUT2D eigenvalue weighted by Gasteiger charge is 2.18. The van der Waals surface area contributed by atoms with Gasteiger partial charge in [0.05, 0.1) is 27.2 Å². The van der Waals surface area contributed by atoms with Crippen LogP contribution in [0.15, 0.2) is 59.5 Å². The van der Waals surface area contributed by atoms with E-state index in [-0.39, 0.29) is 21.4 Å². The van der Waals surface area contributed by atoms with Crippen molar-refractivity contribution in [2.45, 2.75) is 17.9 Å². The first-order chi connectivity index (χ1) is 15.9. The van der Waals surface area contributed by atoms with Crippen LogP contribution in [0.4, 0.5) is 5.69 Å². The molecule has 3 rings (SSSR count). The standard InChI is InChI=1S/C23H17Cl3N2O5S/c1-13(23(29)28-22-4-3-20(11-21(22)26)34(2,30)31)32-18-8-16(25)9-19(10-18)33-17-6-14(12-27)5-15(24)7-17/h3-11,13H,1-2H3,(H,28,29). The summed E-state index contributed by atoms with van der Waals surface area (Å²) in [6.07, 6.45) is 0.0956. The number of amides is 1. The van der Waals surface area contributed by atoms with Crippen molar-refractivity contribution < 1.29 is 22.7 Å². The predicted molar refractivity (Wildman–Crippen MR) is 131 cm³/mol. The Bertz CT molecular complexity index is 1400. The highest BCUT2D eigenvalue weighted by molar-refractivity contribution is 7.90. The van der Waals surface area contributed by atoms with E-state index in [4.69, 9.17) is 49.5 Å². The monoisotopic (exact) mass is 538 g/mol. The number of nitrogens with one attached hydrogen (secondary N) is 1. The summed E-state index contributed by atoms with van der Waals surface area (Å²) in [4.78, 5) is 12.6. The number of rotatable bonds is 7. The molecule has 0 radical (unpaired) electrons. The summed E-state index contributed by atoms with van der Waals surface area (Å²) in [6.45, 7) is 1.52. The van der Waals surface area contributed by atoms with Crippen molar-refractivity contribution in [1.82, 2.24) is 0 Å². The van der Waals surface area contributed by atoms with Gasteiger partial charge >= 0.3 is 0 Å². The lowest BCUT2D eigenvalue weighted by Gasteiger charge is -2.17. The average molecular weight is 540 g/mol. The normalized spacial score (nSPS) is 11.9. The average Bonchev–Trinajstić information content (AvgIpc) is 2.73. The van der Waals surface area contributed by atoms with E-state index in [1.165, 1.54) is 55.5 Å². The smallest absolute Gasteiger partial charge is 0.265 e. The van der Waals surface area contributed by atoms with E-state index in [9.17, 15) is 13.2 Å². The largest absolute Gasteiger partial charge is 0.481 e. The van der Waals surface area contributed by atoms with Crippen molar-refractivity contribution in [1.29, 1.82) is 5.26 Å². The highest BCUT2D eigenvalue weighted by Crippen LogP contribution is 2.32. The van der Waals surface area contributed by atoms with Crippen LogP contribution in [0.5, 0.6) is 17.2 Å². The molecule has 0 heterocycles. The summed E-state index contributed by atoms with van der Waals surface area (Å²) in [5.41, 5.74) is 0.563. The molecule has 1 atom stereocenters. The Morgan fingerprint density at radius 3 is 2.21 bits per heavy atom. The number of hydrogen-bond donors (Lipinski definition) is 1. The van der Waals surface area contributed by atoms with Crippen molar-refractivity contribution in [3.8, 4) is 23.3 Å². The van der Waals surface area contributed by atoms with E-state index in [0.29, 0.717) is 27.1 Å².